The van der Waals surface area contributed by atoms with E-state index in [0.29, 0.717) is 6.42 Å². The number of rotatable bonds is 5. The molecule has 2 atom stereocenters. The van der Waals surface area contributed by atoms with E-state index in [1.807, 2.05) is 32.3 Å². The Bertz CT molecular complexity index is 805. The summed E-state index contributed by atoms with van der Waals surface area (Å²) in [6, 6.07) is 14.8. The molecule has 1 saturated carbocycles. The van der Waals surface area contributed by atoms with Gasteiger partial charge in [0.05, 0.1) is 10.6 Å². The fourth-order valence-corrected chi connectivity index (χ4v) is 4.31. The molecular formula is C23H27ClFNO. The number of benzene rings is 2. The minimum Gasteiger partial charge on any atom is -0.385 e. The molecule has 1 aliphatic carbocycles. The van der Waals surface area contributed by atoms with Crippen LogP contribution >= 0.6 is 11.6 Å². The van der Waals surface area contributed by atoms with Crippen molar-refractivity contribution in [3.8, 4) is 0 Å². The molecule has 27 heavy (non-hydrogen) atoms. The molecule has 1 N–H and O–H groups in total. The van der Waals surface area contributed by atoms with Crippen LogP contribution in [0.3, 0.4) is 0 Å². The minimum atomic E-state index is -0.973. The summed E-state index contributed by atoms with van der Waals surface area (Å²) in [4.78, 5) is 2.12. The molecule has 0 aliphatic heterocycles. The predicted molar refractivity (Wildman–Crippen MR) is 110 cm³/mol. The van der Waals surface area contributed by atoms with Crippen molar-refractivity contribution in [3.63, 3.8) is 0 Å². The number of hydrogen-bond donors (Lipinski definition) is 1. The summed E-state index contributed by atoms with van der Waals surface area (Å²) in [5.41, 5.74) is 2.02. The van der Waals surface area contributed by atoms with Gasteiger partial charge in [-0.3, -0.25) is 0 Å². The van der Waals surface area contributed by atoms with Crippen LogP contribution < -0.4 is 0 Å². The fourth-order valence-electron chi connectivity index (χ4n) is 4.11. The molecule has 2 aromatic rings. The highest BCUT2D eigenvalue weighted by Crippen LogP contribution is 2.42. The highest BCUT2D eigenvalue weighted by atomic mass is 35.5. The normalized spacial score (nSPS) is 24.5. The molecule has 0 radical (unpaired) electrons. The third-order valence-electron chi connectivity index (χ3n) is 5.41. The minimum absolute atomic E-state index is 0.102. The van der Waals surface area contributed by atoms with Crippen molar-refractivity contribution >= 4 is 17.7 Å². The number of nitrogens with zero attached hydrogens (tertiary/aromatic N) is 1. The van der Waals surface area contributed by atoms with Gasteiger partial charge in [-0.1, -0.05) is 54.1 Å². The first kappa shape index (κ1) is 20.1. The van der Waals surface area contributed by atoms with Gasteiger partial charge in [-0.15, -0.1) is 0 Å². The third kappa shape index (κ3) is 4.78. The predicted octanol–water partition coefficient (Wildman–Crippen LogP) is 5.20. The van der Waals surface area contributed by atoms with Crippen molar-refractivity contribution in [1.29, 1.82) is 0 Å². The van der Waals surface area contributed by atoms with Gasteiger partial charge in [-0.25, -0.2) is 4.39 Å². The molecule has 3 rings (SSSR count). The molecule has 0 heterocycles. The summed E-state index contributed by atoms with van der Waals surface area (Å²) < 4.78 is 13.6. The van der Waals surface area contributed by atoms with Crippen LogP contribution in [0, 0.1) is 11.7 Å². The first-order valence-corrected chi connectivity index (χ1v) is 9.83. The van der Waals surface area contributed by atoms with E-state index < -0.39 is 11.4 Å². The van der Waals surface area contributed by atoms with Gasteiger partial charge < -0.3 is 10.0 Å². The van der Waals surface area contributed by atoms with Crippen molar-refractivity contribution in [1.82, 2.24) is 4.90 Å². The highest BCUT2D eigenvalue weighted by molar-refractivity contribution is 6.30. The third-order valence-corrected chi connectivity index (χ3v) is 5.70. The van der Waals surface area contributed by atoms with Crippen LogP contribution in [0.15, 0.2) is 54.1 Å². The first-order chi connectivity index (χ1) is 12.9. The van der Waals surface area contributed by atoms with Crippen LogP contribution in [-0.4, -0.2) is 36.2 Å². The van der Waals surface area contributed by atoms with Crippen molar-refractivity contribution in [2.24, 2.45) is 5.92 Å². The Labute approximate surface area is 166 Å². The maximum atomic E-state index is 13.6. The lowest BCUT2D eigenvalue weighted by molar-refractivity contribution is -0.0123. The molecular weight excluding hydrogens is 361 g/mol. The topological polar surface area (TPSA) is 23.5 Å². The van der Waals surface area contributed by atoms with E-state index in [0.717, 1.165) is 42.5 Å². The van der Waals surface area contributed by atoms with Gasteiger partial charge >= 0.3 is 0 Å². The molecule has 0 spiro atoms. The Morgan fingerprint density at radius 1 is 1.22 bits per heavy atom. The Morgan fingerprint density at radius 2 is 1.96 bits per heavy atom. The molecule has 144 valence electrons. The lowest BCUT2D eigenvalue weighted by atomic mass is 9.68. The van der Waals surface area contributed by atoms with E-state index in [1.54, 1.807) is 12.1 Å². The maximum absolute atomic E-state index is 13.6. The summed E-state index contributed by atoms with van der Waals surface area (Å²) >= 11 is 5.98. The van der Waals surface area contributed by atoms with Crippen LogP contribution in [0.2, 0.25) is 5.02 Å². The molecule has 1 fully saturated rings. The number of aliphatic hydroxyl groups is 1. The van der Waals surface area contributed by atoms with E-state index in [-0.39, 0.29) is 10.9 Å². The standard InChI is InChI=1S/C23H27ClFNO/c1-26(2)16-20-10-6-9-19(13-17-7-4-3-5-8-17)23(20,27)15-18-11-12-22(25)21(24)14-18/h3-5,7-8,11-14,20,27H,6,9-10,15-16H2,1-2H3/b19-13+. The van der Waals surface area contributed by atoms with Crippen LogP contribution in [-0.2, 0) is 6.42 Å². The van der Waals surface area contributed by atoms with Gasteiger partial charge in [-0.05, 0) is 62.2 Å². The van der Waals surface area contributed by atoms with E-state index >= 15 is 0 Å². The molecule has 2 nitrogen and oxygen atoms in total. The van der Waals surface area contributed by atoms with Gasteiger partial charge in [0.1, 0.15) is 5.82 Å². The van der Waals surface area contributed by atoms with E-state index in [9.17, 15) is 9.50 Å². The summed E-state index contributed by atoms with van der Waals surface area (Å²) in [5, 5.41) is 12.0. The van der Waals surface area contributed by atoms with Crippen LogP contribution in [0.5, 0.6) is 0 Å². The Kier molecular flexibility index (Phi) is 6.36. The van der Waals surface area contributed by atoms with E-state index in [2.05, 4.69) is 23.1 Å². The molecule has 0 bridgehead atoms. The van der Waals surface area contributed by atoms with Gasteiger partial charge in [0, 0.05) is 18.9 Å². The van der Waals surface area contributed by atoms with Gasteiger partial charge in [0.25, 0.3) is 0 Å². The first-order valence-electron chi connectivity index (χ1n) is 9.45. The van der Waals surface area contributed by atoms with Gasteiger partial charge in [0.2, 0.25) is 0 Å². The Morgan fingerprint density at radius 3 is 2.63 bits per heavy atom. The van der Waals surface area contributed by atoms with Gasteiger partial charge in [-0.2, -0.15) is 0 Å². The van der Waals surface area contributed by atoms with Crippen molar-refractivity contribution < 1.29 is 9.50 Å². The average Bonchev–Trinajstić information content (AvgIpc) is 2.62. The molecule has 1 aliphatic rings. The average molecular weight is 388 g/mol. The summed E-state index contributed by atoms with van der Waals surface area (Å²) in [6.45, 7) is 0.803. The SMILES string of the molecule is CN(C)CC1CCC/C(=C\c2ccccc2)C1(O)Cc1ccc(F)c(Cl)c1. The van der Waals surface area contributed by atoms with Crippen molar-refractivity contribution in [2.75, 3.05) is 20.6 Å². The number of halogens is 2. The second kappa shape index (κ2) is 8.55. The summed E-state index contributed by atoms with van der Waals surface area (Å²) in [6.07, 6.45) is 5.45. The van der Waals surface area contributed by atoms with Crippen LogP contribution in [0.4, 0.5) is 4.39 Å². The molecule has 0 aromatic heterocycles. The monoisotopic (exact) mass is 387 g/mol. The Balaban J connectivity index is 1.99. The summed E-state index contributed by atoms with van der Waals surface area (Å²) in [5.74, 6) is -0.319. The van der Waals surface area contributed by atoms with E-state index in [4.69, 9.17) is 11.6 Å². The van der Waals surface area contributed by atoms with Crippen LogP contribution in [0.25, 0.3) is 6.08 Å². The second-order valence-corrected chi connectivity index (χ2v) is 8.19. The fraction of sp³-hybridized carbons (Fsp3) is 0.391. The zero-order valence-electron chi connectivity index (χ0n) is 16.0. The van der Waals surface area contributed by atoms with Crippen LogP contribution in [0.1, 0.15) is 30.4 Å². The Hall–Kier alpha value is -1.68. The summed E-state index contributed by atoms with van der Waals surface area (Å²) in [7, 11) is 4.06. The lowest BCUT2D eigenvalue weighted by Crippen LogP contribution is -2.48. The van der Waals surface area contributed by atoms with E-state index in [1.165, 1.54) is 6.07 Å². The zero-order valence-corrected chi connectivity index (χ0v) is 16.7. The molecule has 4 heteroatoms. The molecule has 2 aromatic carbocycles. The lowest BCUT2D eigenvalue weighted by Gasteiger charge is -2.43. The maximum Gasteiger partial charge on any atom is 0.141 e. The largest absolute Gasteiger partial charge is 0.385 e. The van der Waals surface area contributed by atoms with Crippen molar-refractivity contribution in [3.05, 3.63) is 76.1 Å². The second-order valence-electron chi connectivity index (χ2n) is 7.78. The zero-order chi connectivity index (χ0) is 19.4. The quantitative estimate of drug-likeness (QED) is 0.762. The molecule has 2 unspecified atom stereocenters. The smallest absolute Gasteiger partial charge is 0.141 e. The van der Waals surface area contributed by atoms with Gasteiger partial charge in [0.15, 0.2) is 0 Å². The molecule has 0 saturated heterocycles. The molecule has 0 amide bonds. The highest BCUT2D eigenvalue weighted by Gasteiger charge is 2.42. The van der Waals surface area contributed by atoms with Crippen molar-refractivity contribution in [2.45, 2.75) is 31.3 Å². The number of hydrogen-bond acceptors (Lipinski definition) is 2.